The van der Waals surface area contributed by atoms with Gasteiger partial charge in [0.2, 0.25) is 10.0 Å². The van der Waals surface area contributed by atoms with Gasteiger partial charge in [0.05, 0.1) is 17.9 Å². The molecule has 0 saturated heterocycles. The lowest BCUT2D eigenvalue weighted by molar-refractivity contribution is 0.541. The number of rotatable bonds is 8. The van der Waals surface area contributed by atoms with Crippen molar-refractivity contribution in [3.63, 3.8) is 0 Å². The number of hydrogen-bond acceptors (Lipinski definition) is 4. The molecule has 7 heteroatoms. The Bertz CT molecular complexity index is 537. The average molecular weight is 302 g/mol. The van der Waals surface area contributed by atoms with Crippen LogP contribution in [0.1, 0.15) is 38.1 Å². The van der Waals surface area contributed by atoms with Gasteiger partial charge in [-0.15, -0.1) is 0 Å². The van der Waals surface area contributed by atoms with Crippen molar-refractivity contribution in [3.8, 4) is 0 Å². The number of nitrogens with one attached hydrogen (secondary N) is 2. The van der Waals surface area contributed by atoms with E-state index in [1.54, 1.807) is 18.5 Å². The molecule has 0 aliphatic rings. The molecule has 1 heterocycles. The first-order chi connectivity index (χ1) is 9.33. The predicted octanol–water partition coefficient (Wildman–Crippen LogP) is 1.19. The van der Waals surface area contributed by atoms with Crippen LogP contribution in [0.4, 0.5) is 0 Å². The highest BCUT2D eigenvalue weighted by Gasteiger charge is 2.25. The van der Waals surface area contributed by atoms with Gasteiger partial charge in [-0.05, 0) is 34.2 Å². The van der Waals surface area contributed by atoms with E-state index in [1.807, 2.05) is 20.9 Å². The van der Waals surface area contributed by atoms with E-state index in [0.29, 0.717) is 22.8 Å². The van der Waals surface area contributed by atoms with Crippen LogP contribution in [0.25, 0.3) is 0 Å². The topological polar surface area (TPSA) is 76.0 Å². The Morgan fingerprint density at radius 3 is 2.55 bits per heavy atom. The van der Waals surface area contributed by atoms with Gasteiger partial charge < -0.3 is 5.32 Å². The highest BCUT2D eigenvalue weighted by molar-refractivity contribution is 7.89. The molecule has 116 valence electrons. The number of hydrogen-bond donors (Lipinski definition) is 2. The lowest BCUT2D eigenvalue weighted by Gasteiger charge is -2.13. The third-order valence-corrected chi connectivity index (χ3v) is 5.08. The van der Waals surface area contributed by atoms with Gasteiger partial charge in [-0.2, -0.15) is 5.10 Å². The molecular weight excluding hydrogens is 276 g/mol. The van der Waals surface area contributed by atoms with Crippen LogP contribution in [-0.2, 0) is 16.6 Å². The Hall–Kier alpha value is -0.920. The fraction of sp³-hybridized carbons (Fsp3) is 0.769. The standard InChI is InChI=1S/C13H26N4O2S/c1-6-7-10(2)16-20(18,19)13-11(3)15-17(12(13)4)9-8-14-5/h10,14,16H,6-9H2,1-5H3. The van der Waals surface area contributed by atoms with Crippen molar-refractivity contribution in [3.05, 3.63) is 11.4 Å². The zero-order valence-corrected chi connectivity index (χ0v) is 13.8. The van der Waals surface area contributed by atoms with Gasteiger partial charge in [-0.25, -0.2) is 13.1 Å². The minimum atomic E-state index is -3.50. The zero-order chi connectivity index (χ0) is 15.3. The molecular formula is C13H26N4O2S. The first-order valence-corrected chi connectivity index (χ1v) is 8.52. The molecule has 1 aromatic heterocycles. The van der Waals surface area contributed by atoms with Crippen LogP contribution in [0, 0.1) is 13.8 Å². The van der Waals surface area contributed by atoms with E-state index >= 15 is 0 Å². The number of aromatic nitrogens is 2. The SMILES string of the molecule is CCCC(C)NS(=O)(=O)c1c(C)nn(CCNC)c1C. The van der Waals surface area contributed by atoms with Gasteiger partial charge in [0.25, 0.3) is 0 Å². The summed E-state index contributed by atoms with van der Waals surface area (Å²) >= 11 is 0. The second kappa shape index (κ2) is 7.19. The minimum absolute atomic E-state index is 0.0653. The molecule has 0 radical (unpaired) electrons. The lowest BCUT2D eigenvalue weighted by atomic mass is 10.2. The number of likely N-dealkylation sites (N-methyl/N-ethyl adjacent to an activating group) is 1. The minimum Gasteiger partial charge on any atom is -0.318 e. The second-order valence-corrected chi connectivity index (χ2v) is 6.79. The summed E-state index contributed by atoms with van der Waals surface area (Å²) in [7, 11) is -1.64. The molecule has 1 rings (SSSR count). The first-order valence-electron chi connectivity index (χ1n) is 7.04. The van der Waals surface area contributed by atoms with Gasteiger partial charge >= 0.3 is 0 Å². The molecule has 0 amide bonds. The summed E-state index contributed by atoms with van der Waals surface area (Å²) in [5.74, 6) is 0. The highest BCUT2D eigenvalue weighted by Crippen LogP contribution is 2.19. The normalized spacial score (nSPS) is 13.7. The molecule has 0 bridgehead atoms. The van der Waals surface area contributed by atoms with Crippen molar-refractivity contribution in [2.45, 2.75) is 58.0 Å². The van der Waals surface area contributed by atoms with Gasteiger partial charge in [-0.3, -0.25) is 4.68 Å². The molecule has 0 fully saturated rings. The van der Waals surface area contributed by atoms with E-state index in [2.05, 4.69) is 15.1 Å². The number of aryl methyl sites for hydroxylation is 1. The zero-order valence-electron chi connectivity index (χ0n) is 13.0. The van der Waals surface area contributed by atoms with Crippen LogP contribution in [-0.4, -0.2) is 37.8 Å². The molecule has 2 N–H and O–H groups in total. The van der Waals surface area contributed by atoms with Crippen molar-refractivity contribution in [2.75, 3.05) is 13.6 Å². The summed E-state index contributed by atoms with van der Waals surface area (Å²) in [6.07, 6.45) is 1.77. The van der Waals surface area contributed by atoms with Gasteiger partial charge in [-0.1, -0.05) is 13.3 Å². The third kappa shape index (κ3) is 4.04. The first kappa shape index (κ1) is 17.1. The molecule has 0 aromatic carbocycles. The van der Waals surface area contributed by atoms with Crippen LogP contribution in [0.15, 0.2) is 4.90 Å². The molecule has 1 unspecified atom stereocenters. The molecule has 0 saturated carbocycles. The molecule has 20 heavy (non-hydrogen) atoms. The summed E-state index contributed by atoms with van der Waals surface area (Å²) < 4.78 is 29.4. The van der Waals surface area contributed by atoms with E-state index < -0.39 is 10.0 Å². The van der Waals surface area contributed by atoms with Crippen molar-refractivity contribution in [1.29, 1.82) is 0 Å². The summed E-state index contributed by atoms with van der Waals surface area (Å²) in [5.41, 5.74) is 1.24. The number of sulfonamides is 1. The van der Waals surface area contributed by atoms with Gasteiger partial charge in [0.1, 0.15) is 4.90 Å². The molecule has 0 aliphatic carbocycles. The fourth-order valence-corrected chi connectivity index (χ4v) is 4.01. The summed E-state index contributed by atoms with van der Waals surface area (Å²) in [5, 5.41) is 7.36. The maximum Gasteiger partial charge on any atom is 0.244 e. The highest BCUT2D eigenvalue weighted by atomic mass is 32.2. The largest absolute Gasteiger partial charge is 0.318 e. The molecule has 6 nitrogen and oxygen atoms in total. The van der Waals surface area contributed by atoms with Crippen molar-refractivity contribution in [1.82, 2.24) is 19.8 Å². The van der Waals surface area contributed by atoms with Crippen LogP contribution in [0.3, 0.4) is 0 Å². The maximum absolute atomic E-state index is 12.5. The molecule has 1 aromatic rings. The van der Waals surface area contributed by atoms with Crippen molar-refractivity contribution >= 4 is 10.0 Å². The van der Waals surface area contributed by atoms with Gasteiger partial charge in [0, 0.05) is 12.6 Å². The Morgan fingerprint density at radius 2 is 2.00 bits per heavy atom. The molecule has 0 spiro atoms. The van der Waals surface area contributed by atoms with Crippen LogP contribution < -0.4 is 10.0 Å². The Labute approximate surface area is 122 Å². The van der Waals surface area contributed by atoms with Crippen LogP contribution >= 0.6 is 0 Å². The van der Waals surface area contributed by atoms with Crippen molar-refractivity contribution < 1.29 is 8.42 Å². The number of nitrogens with zero attached hydrogens (tertiary/aromatic N) is 2. The average Bonchev–Trinajstić information content (AvgIpc) is 2.61. The van der Waals surface area contributed by atoms with Gasteiger partial charge in [0.15, 0.2) is 0 Å². The van der Waals surface area contributed by atoms with Crippen LogP contribution in [0.2, 0.25) is 0 Å². The van der Waals surface area contributed by atoms with E-state index in [-0.39, 0.29) is 6.04 Å². The quantitative estimate of drug-likeness (QED) is 0.756. The van der Waals surface area contributed by atoms with E-state index in [9.17, 15) is 8.42 Å². The monoisotopic (exact) mass is 302 g/mol. The smallest absolute Gasteiger partial charge is 0.244 e. The summed E-state index contributed by atoms with van der Waals surface area (Å²) in [6, 6.07) is -0.0653. The van der Waals surface area contributed by atoms with E-state index in [4.69, 9.17) is 0 Å². The Morgan fingerprint density at radius 1 is 1.35 bits per heavy atom. The van der Waals surface area contributed by atoms with E-state index in [0.717, 1.165) is 19.4 Å². The molecule has 1 atom stereocenters. The lowest BCUT2D eigenvalue weighted by Crippen LogP contribution is -2.33. The third-order valence-electron chi connectivity index (χ3n) is 3.24. The van der Waals surface area contributed by atoms with E-state index in [1.165, 1.54) is 0 Å². The van der Waals surface area contributed by atoms with Crippen molar-refractivity contribution in [2.24, 2.45) is 0 Å². The second-order valence-electron chi connectivity index (χ2n) is 5.14. The summed E-state index contributed by atoms with van der Waals surface area (Å²) in [6.45, 7) is 8.87. The van der Waals surface area contributed by atoms with Crippen LogP contribution in [0.5, 0.6) is 0 Å². The Kier molecular flexibility index (Phi) is 6.16. The Balaban J connectivity index is 3.03. The predicted molar refractivity (Wildman–Crippen MR) is 80.3 cm³/mol. The maximum atomic E-state index is 12.5. The molecule has 0 aliphatic heterocycles. The fourth-order valence-electron chi connectivity index (χ4n) is 2.32. The summed E-state index contributed by atoms with van der Waals surface area (Å²) in [4.78, 5) is 0.316.